The highest BCUT2D eigenvalue weighted by Gasteiger charge is 2.30. The predicted molar refractivity (Wildman–Crippen MR) is 85.8 cm³/mol. The van der Waals surface area contributed by atoms with Crippen molar-refractivity contribution in [2.45, 2.75) is 6.18 Å². The molecule has 5 nitrogen and oxygen atoms in total. The number of nitrogens with one attached hydrogen (secondary N) is 1. The molecule has 126 valence electrons. The van der Waals surface area contributed by atoms with Crippen molar-refractivity contribution in [3.8, 4) is 28.8 Å². The second kappa shape index (κ2) is 6.57. The van der Waals surface area contributed by atoms with Crippen LogP contribution in [-0.4, -0.2) is 15.4 Å². The zero-order chi connectivity index (χ0) is 18.0. The van der Waals surface area contributed by atoms with E-state index in [2.05, 4.69) is 31.3 Å². The molecule has 0 unspecified atom stereocenters. The Morgan fingerprint density at radius 3 is 2.64 bits per heavy atom. The fourth-order valence-corrected chi connectivity index (χ4v) is 2.56. The summed E-state index contributed by atoms with van der Waals surface area (Å²) in [7, 11) is 0. The second-order valence-electron chi connectivity index (χ2n) is 4.92. The van der Waals surface area contributed by atoms with Gasteiger partial charge in [-0.1, -0.05) is 11.3 Å². The molecule has 0 bridgehead atoms. The van der Waals surface area contributed by atoms with E-state index in [-0.39, 0.29) is 11.4 Å². The Bertz CT molecular complexity index is 962. The monoisotopic (exact) mass is 408 g/mol. The van der Waals surface area contributed by atoms with E-state index >= 15 is 0 Å². The van der Waals surface area contributed by atoms with E-state index in [0.717, 1.165) is 12.1 Å². The van der Waals surface area contributed by atoms with Crippen molar-refractivity contribution in [3.05, 3.63) is 58.2 Å². The van der Waals surface area contributed by atoms with Crippen LogP contribution < -0.4 is 4.74 Å². The summed E-state index contributed by atoms with van der Waals surface area (Å²) in [6.45, 7) is 0. The van der Waals surface area contributed by atoms with E-state index in [1.807, 2.05) is 6.07 Å². The first-order chi connectivity index (χ1) is 11.9. The Morgan fingerprint density at radius 1 is 1.16 bits per heavy atom. The highest BCUT2D eigenvalue weighted by Crippen LogP contribution is 2.36. The van der Waals surface area contributed by atoms with Gasteiger partial charge < -0.3 is 4.74 Å². The number of alkyl halides is 3. The zero-order valence-corrected chi connectivity index (χ0v) is 13.9. The summed E-state index contributed by atoms with van der Waals surface area (Å²) in [5, 5.41) is 18.9. The molecule has 0 amide bonds. The predicted octanol–water partition coefficient (Wildman–Crippen LogP) is 4.92. The Morgan fingerprint density at radius 2 is 1.96 bits per heavy atom. The van der Waals surface area contributed by atoms with Crippen LogP contribution in [0.4, 0.5) is 13.2 Å². The first-order valence-corrected chi connectivity index (χ1v) is 7.64. The van der Waals surface area contributed by atoms with Crippen LogP contribution in [-0.2, 0) is 6.18 Å². The SMILES string of the molecule is N#Cc1[nH]nnc1-c1ccc(Oc2cccc(C(F)(F)F)c2)c(Br)c1. The van der Waals surface area contributed by atoms with Crippen LogP contribution in [0.2, 0.25) is 0 Å². The van der Waals surface area contributed by atoms with Crippen LogP contribution in [0, 0.1) is 11.3 Å². The molecular formula is C16H8BrF3N4O. The minimum absolute atomic E-state index is 0.0578. The topological polar surface area (TPSA) is 74.6 Å². The molecule has 0 aliphatic rings. The normalized spacial score (nSPS) is 11.2. The molecule has 1 N–H and O–H groups in total. The van der Waals surface area contributed by atoms with Crippen molar-refractivity contribution in [2.24, 2.45) is 0 Å². The molecule has 0 saturated heterocycles. The first-order valence-electron chi connectivity index (χ1n) is 6.84. The van der Waals surface area contributed by atoms with Gasteiger partial charge in [0, 0.05) is 5.56 Å². The van der Waals surface area contributed by atoms with Gasteiger partial charge in [-0.15, -0.1) is 5.10 Å². The molecule has 9 heteroatoms. The molecule has 25 heavy (non-hydrogen) atoms. The van der Waals surface area contributed by atoms with Crippen LogP contribution in [0.5, 0.6) is 11.5 Å². The zero-order valence-electron chi connectivity index (χ0n) is 12.3. The Hall–Kier alpha value is -2.86. The summed E-state index contributed by atoms with van der Waals surface area (Å²) in [4.78, 5) is 0. The lowest BCUT2D eigenvalue weighted by atomic mass is 10.1. The number of aromatic amines is 1. The van der Waals surface area contributed by atoms with Crippen LogP contribution in [0.3, 0.4) is 0 Å². The van der Waals surface area contributed by atoms with Crippen molar-refractivity contribution < 1.29 is 17.9 Å². The van der Waals surface area contributed by atoms with Gasteiger partial charge >= 0.3 is 6.18 Å². The second-order valence-corrected chi connectivity index (χ2v) is 5.77. The fourth-order valence-electron chi connectivity index (χ4n) is 2.10. The van der Waals surface area contributed by atoms with E-state index < -0.39 is 11.7 Å². The highest BCUT2D eigenvalue weighted by atomic mass is 79.9. The third kappa shape index (κ3) is 3.64. The summed E-state index contributed by atoms with van der Waals surface area (Å²) in [5.74, 6) is 0.382. The molecule has 3 rings (SSSR count). The first kappa shape index (κ1) is 17.0. The molecule has 0 spiro atoms. The van der Waals surface area contributed by atoms with E-state index in [9.17, 15) is 13.2 Å². The molecule has 1 heterocycles. The van der Waals surface area contributed by atoms with Gasteiger partial charge in [-0.05, 0) is 52.3 Å². The Labute approximate surface area is 148 Å². The number of hydrogen-bond donors (Lipinski definition) is 1. The minimum Gasteiger partial charge on any atom is -0.456 e. The van der Waals surface area contributed by atoms with Gasteiger partial charge in [0.2, 0.25) is 0 Å². The summed E-state index contributed by atoms with van der Waals surface area (Å²) in [5.41, 5.74) is 0.389. The number of rotatable bonds is 3. The van der Waals surface area contributed by atoms with Crippen LogP contribution in [0.25, 0.3) is 11.3 Å². The molecule has 0 fully saturated rings. The number of nitrogens with zero attached hydrogens (tertiary/aromatic N) is 3. The summed E-state index contributed by atoms with van der Waals surface area (Å²) in [6, 6.07) is 11.4. The molecule has 0 aliphatic carbocycles. The van der Waals surface area contributed by atoms with Gasteiger partial charge in [-0.3, -0.25) is 0 Å². The standard InChI is InChI=1S/C16H8BrF3N4O/c17-12-6-9(15-13(8-21)22-24-23-15)4-5-14(12)25-11-3-1-2-10(7-11)16(18,19)20/h1-7H,(H,22,23,24). The highest BCUT2D eigenvalue weighted by molar-refractivity contribution is 9.10. The molecule has 0 atom stereocenters. The van der Waals surface area contributed by atoms with Crippen molar-refractivity contribution in [1.29, 1.82) is 5.26 Å². The number of halogens is 4. The average Bonchev–Trinajstić information content (AvgIpc) is 3.05. The largest absolute Gasteiger partial charge is 0.456 e. The lowest BCUT2D eigenvalue weighted by Gasteiger charge is -2.11. The quantitative estimate of drug-likeness (QED) is 0.667. The third-order valence-electron chi connectivity index (χ3n) is 3.25. The minimum atomic E-state index is -4.44. The van der Waals surface area contributed by atoms with E-state index in [1.165, 1.54) is 12.1 Å². The van der Waals surface area contributed by atoms with E-state index in [0.29, 0.717) is 21.5 Å². The maximum absolute atomic E-state index is 12.8. The number of benzene rings is 2. The van der Waals surface area contributed by atoms with Crippen molar-refractivity contribution in [2.75, 3.05) is 0 Å². The van der Waals surface area contributed by atoms with Gasteiger partial charge in [-0.25, -0.2) is 5.10 Å². The van der Waals surface area contributed by atoms with Crippen LogP contribution in [0.1, 0.15) is 11.3 Å². The van der Waals surface area contributed by atoms with Gasteiger partial charge in [0.05, 0.1) is 10.0 Å². The Kier molecular flexibility index (Phi) is 4.46. The summed E-state index contributed by atoms with van der Waals surface area (Å²) >= 11 is 3.31. The lowest BCUT2D eigenvalue weighted by Crippen LogP contribution is -2.04. The number of nitriles is 1. The summed E-state index contributed by atoms with van der Waals surface area (Å²) in [6.07, 6.45) is -4.44. The molecule has 0 aliphatic heterocycles. The number of hydrogen-bond acceptors (Lipinski definition) is 4. The Balaban J connectivity index is 1.89. The van der Waals surface area contributed by atoms with Gasteiger partial charge in [0.15, 0.2) is 5.69 Å². The summed E-state index contributed by atoms with van der Waals surface area (Å²) < 4.78 is 44.3. The number of H-pyrrole nitrogens is 1. The van der Waals surface area contributed by atoms with Crippen molar-refractivity contribution in [1.82, 2.24) is 15.4 Å². The van der Waals surface area contributed by atoms with Gasteiger partial charge in [-0.2, -0.15) is 18.4 Å². The van der Waals surface area contributed by atoms with E-state index in [1.54, 1.807) is 18.2 Å². The molecule has 1 aromatic heterocycles. The third-order valence-corrected chi connectivity index (χ3v) is 3.87. The van der Waals surface area contributed by atoms with Crippen molar-refractivity contribution in [3.63, 3.8) is 0 Å². The molecule has 3 aromatic rings. The number of ether oxygens (including phenoxy) is 1. The average molecular weight is 409 g/mol. The molecule has 0 radical (unpaired) electrons. The van der Waals surface area contributed by atoms with Crippen LogP contribution >= 0.6 is 15.9 Å². The van der Waals surface area contributed by atoms with Gasteiger partial charge in [0.25, 0.3) is 0 Å². The molecular weight excluding hydrogens is 401 g/mol. The van der Waals surface area contributed by atoms with Crippen LogP contribution in [0.15, 0.2) is 46.9 Å². The number of aromatic nitrogens is 3. The lowest BCUT2D eigenvalue weighted by molar-refractivity contribution is -0.137. The van der Waals surface area contributed by atoms with Crippen molar-refractivity contribution >= 4 is 15.9 Å². The maximum Gasteiger partial charge on any atom is 0.416 e. The fraction of sp³-hybridized carbons (Fsp3) is 0.0625. The van der Waals surface area contributed by atoms with Gasteiger partial charge in [0.1, 0.15) is 23.3 Å². The molecule has 2 aromatic carbocycles. The smallest absolute Gasteiger partial charge is 0.416 e. The maximum atomic E-state index is 12.8. The molecule has 0 saturated carbocycles. The van der Waals surface area contributed by atoms with E-state index in [4.69, 9.17) is 10.00 Å².